The molecule has 0 radical (unpaired) electrons. The van der Waals surface area contributed by atoms with Crippen LogP contribution in [0.4, 0.5) is 0 Å². The smallest absolute Gasteiger partial charge is 0.334 e. The third-order valence-electron chi connectivity index (χ3n) is 8.64. The van der Waals surface area contributed by atoms with Crippen molar-refractivity contribution in [1.82, 2.24) is 0 Å². The Bertz CT molecular complexity index is 708. The van der Waals surface area contributed by atoms with Crippen molar-refractivity contribution < 1.29 is 19.4 Å². The minimum atomic E-state index is -1.30. The largest absolute Gasteiger partial charge is 0.454 e. The molecule has 4 nitrogen and oxygen atoms in total. The molecule has 130 valence electrons. The molecule has 4 fully saturated rings. The Morgan fingerprint density at radius 2 is 1.83 bits per heavy atom. The number of rotatable bonds is 0. The minimum Gasteiger partial charge on any atom is -0.454 e. The summed E-state index contributed by atoms with van der Waals surface area (Å²) in [6, 6.07) is 0. The lowest BCUT2D eigenvalue weighted by Crippen LogP contribution is -2.64. The van der Waals surface area contributed by atoms with E-state index in [1.807, 2.05) is 0 Å². The van der Waals surface area contributed by atoms with Gasteiger partial charge in [-0.3, -0.25) is 4.79 Å². The van der Waals surface area contributed by atoms with Crippen LogP contribution in [0.1, 0.15) is 59.3 Å². The Morgan fingerprint density at radius 1 is 1.08 bits per heavy atom. The van der Waals surface area contributed by atoms with E-state index >= 15 is 0 Å². The number of hydrogen-bond donors (Lipinski definition) is 1. The standard InChI is InChI=1S/C20H26O4/c1-10-15-12(24-17(10)22)8-14-18(2)6-4-11-9-19(11,3)13(18)5-7-20(14,23)16(15)21/h11-14,23H,4-9H2,1-3H3/t11-,12-,13+,14+,18-,19+,20+/m1/s1. The zero-order chi connectivity index (χ0) is 17.1. The summed E-state index contributed by atoms with van der Waals surface area (Å²) in [5, 5.41) is 11.4. The van der Waals surface area contributed by atoms with E-state index in [0.29, 0.717) is 35.3 Å². The quantitative estimate of drug-likeness (QED) is 0.694. The molecule has 4 heteroatoms. The lowest BCUT2D eigenvalue weighted by atomic mass is 9.45. The maximum absolute atomic E-state index is 13.2. The molecular weight excluding hydrogens is 304 g/mol. The molecule has 0 bridgehead atoms. The SMILES string of the molecule is CC1=C2C(=O)[C@]3(O)CC[C@@H]4[C@@]5(C)C[C@H]5CC[C@@]4(C)[C@@H]3C[C@H]2OC1=O. The van der Waals surface area contributed by atoms with E-state index in [2.05, 4.69) is 13.8 Å². The van der Waals surface area contributed by atoms with Crippen LogP contribution < -0.4 is 0 Å². The van der Waals surface area contributed by atoms with Crippen molar-refractivity contribution in [2.24, 2.45) is 28.6 Å². The third-order valence-corrected chi connectivity index (χ3v) is 8.64. The summed E-state index contributed by atoms with van der Waals surface area (Å²) in [7, 11) is 0. The second-order valence-electron chi connectivity index (χ2n) is 9.52. The van der Waals surface area contributed by atoms with Crippen LogP contribution in [0.15, 0.2) is 11.1 Å². The van der Waals surface area contributed by atoms with Crippen LogP contribution in [-0.2, 0) is 14.3 Å². The molecule has 5 rings (SSSR count). The molecule has 24 heavy (non-hydrogen) atoms. The first-order valence-electron chi connectivity index (χ1n) is 9.41. The van der Waals surface area contributed by atoms with Gasteiger partial charge in [0.2, 0.25) is 0 Å². The Kier molecular flexibility index (Phi) is 2.61. The molecule has 0 aromatic carbocycles. The fourth-order valence-corrected chi connectivity index (χ4v) is 7.20. The molecule has 0 unspecified atom stereocenters. The second-order valence-corrected chi connectivity index (χ2v) is 9.52. The molecule has 4 aliphatic carbocycles. The number of aliphatic hydroxyl groups is 1. The number of esters is 1. The van der Waals surface area contributed by atoms with Gasteiger partial charge in [-0.15, -0.1) is 0 Å². The first-order valence-corrected chi connectivity index (χ1v) is 9.41. The van der Waals surface area contributed by atoms with E-state index in [0.717, 1.165) is 18.8 Å². The fraction of sp³-hybridized carbons (Fsp3) is 0.800. The monoisotopic (exact) mass is 330 g/mol. The molecule has 1 heterocycles. The first-order chi connectivity index (χ1) is 11.2. The summed E-state index contributed by atoms with van der Waals surface area (Å²) in [6.45, 7) is 6.35. The molecule has 0 spiro atoms. The lowest BCUT2D eigenvalue weighted by Gasteiger charge is -2.60. The molecule has 0 amide bonds. The van der Waals surface area contributed by atoms with E-state index < -0.39 is 11.7 Å². The minimum absolute atomic E-state index is 0.0289. The van der Waals surface area contributed by atoms with Gasteiger partial charge in [0.15, 0.2) is 5.78 Å². The predicted octanol–water partition coefficient (Wildman–Crippen LogP) is 2.78. The normalized spacial score (nSPS) is 55.3. The van der Waals surface area contributed by atoms with Gasteiger partial charge in [-0.2, -0.15) is 0 Å². The van der Waals surface area contributed by atoms with Crippen molar-refractivity contribution in [2.45, 2.75) is 71.0 Å². The highest BCUT2D eigenvalue weighted by Gasteiger charge is 2.71. The molecule has 0 aromatic rings. The number of ether oxygens (including phenoxy) is 1. The second kappa shape index (κ2) is 4.14. The van der Waals surface area contributed by atoms with Gasteiger partial charge in [0.1, 0.15) is 11.7 Å². The van der Waals surface area contributed by atoms with Crippen LogP contribution in [0, 0.1) is 28.6 Å². The van der Waals surface area contributed by atoms with Gasteiger partial charge in [0, 0.05) is 17.1 Å². The highest BCUT2D eigenvalue weighted by Crippen LogP contribution is 2.74. The topological polar surface area (TPSA) is 63.6 Å². The van der Waals surface area contributed by atoms with Crippen molar-refractivity contribution >= 4 is 11.8 Å². The summed E-state index contributed by atoms with van der Waals surface area (Å²) >= 11 is 0. The number of hydrogen-bond acceptors (Lipinski definition) is 4. The van der Waals surface area contributed by atoms with Crippen molar-refractivity contribution in [1.29, 1.82) is 0 Å². The van der Waals surface area contributed by atoms with Crippen molar-refractivity contribution in [2.75, 3.05) is 0 Å². The predicted molar refractivity (Wildman–Crippen MR) is 86.9 cm³/mol. The van der Waals surface area contributed by atoms with Crippen molar-refractivity contribution in [3.8, 4) is 0 Å². The number of fused-ring (bicyclic) bond motifs is 6. The zero-order valence-corrected chi connectivity index (χ0v) is 14.7. The van der Waals surface area contributed by atoms with Crippen molar-refractivity contribution in [3.05, 3.63) is 11.1 Å². The summed E-state index contributed by atoms with van der Waals surface area (Å²) in [5.41, 5.74) is -0.0759. The van der Waals surface area contributed by atoms with E-state index in [1.165, 1.54) is 12.8 Å². The number of ketones is 1. The summed E-state index contributed by atoms with van der Waals surface area (Å²) in [6.07, 6.45) is 5.22. The molecule has 0 saturated heterocycles. The zero-order valence-electron chi connectivity index (χ0n) is 14.7. The summed E-state index contributed by atoms with van der Waals surface area (Å²) in [4.78, 5) is 25.1. The van der Waals surface area contributed by atoms with E-state index in [-0.39, 0.29) is 23.1 Å². The van der Waals surface area contributed by atoms with Crippen LogP contribution in [0.5, 0.6) is 0 Å². The van der Waals surface area contributed by atoms with Gasteiger partial charge in [0.25, 0.3) is 0 Å². The number of carbonyl (C=O) groups is 2. The Labute approximate surface area is 142 Å². The summed E-state index contributed by atoms with van der Waals surface area (Å²) in [5.74, 6) is 0.704. The highest BCUT2D eigenvalue weighted by molar-refractivity contribution is 6.11. The van der Waals surface area contributed by atoms with Crippen LogP contribution in [0.2, 0.25) is 0 Å². The molecule has 4 saturated carbocycles. The number of Topliss-reactive ketones (excluding diaryl/α,β-unsaturated/α-hetero) is 1. The third kappa shape index (κ3) is 1.50. The Balaban J connectivity index is 1.60. The fourth-order valence-electron chi connectivity index (χ4n) is 7.20. The van der Waals surface area contributed by atoms with Crippen LogP contribution in [0.3, 0.4) is 0 Å². The average Bonchev–Trinajstić information content (AvgIpc) is 3.11. The van der Waals surface area contributed by atoms with Gasteiger partial charge in [-0.1, -0.05) is 13.8 Å². The molecule has 1 aliphatic heterocycles. The maximum atomic E-state index is 13.2. The number of carbonyl (C=O) groups excluding carboxylic acids is 2. The summed E-state index contributed by atoms with van der Waals surface area (Å²) < 4.78 is 5.48. The van der Waals surface area contributed by atoms with E-state index in [1.54, 1.807) is 6.92 Å². The first kappa shape index (κ1) is 15.1. The van der Waals surface area contributed by atoms with Crippen LogP contribution in [-0.4, -0.2) is 28.6 Å². The molecule has 1 N–H and O–H groups in total. The average molecular weight is 330 g/mol. The van der Waals surface area contributed by atoms with Gasteiger partial charge in [-0.05, 0) is 68.1 Å². The lowest BCUT2D eigenvalue weighted by molar-refractivity contribution is -0.189. The van der Waals surface area contributed by atoms with E-state index in [9.17, 15) is 14.7 Å². The Morgan fingerprint density at radius 3 is 2.58 bits per heavy atom. The van der Waals surface area contributed by atoms with Gasteiger partial charge in [-0.25, -0.2) is 4.79 Å². The van der Waals surface area contributed by atoms with Crippen LogP contribution >= 0.6 is 0 Å². The molecular formula is C20H26O4. The Hall–Kier alpha value is -1.16. The van der Waals surface area contributed by atoms with Gasteiger partial charge >= 0.3 is 5.97 Å². The van der Waals surface area contributed by atoms with Crippen LogP contribution in [0.25, 0.3) is 0 Å². The van der Waals surface area contributed by atoms with Gasteiger partial charge < -0.3 is 9.84 Å². The molecule has 5 aliphatic rings. The van der Waals surface area contributed by atoms with Crippen molar-refractivity contribution in [3.63, 3.8) is 0 Å². The molecule has 7 atom stereocenters. The van der Waals surface area contributed by atoms with E-state index in [4.69, 9.17) is 4.74 Å². The molecule has 0 aromatic heterocycles. The van der Waals surface area contributed by atoms with Gasteiger partial charge in [0.05, 0.1) is 0 Å². The highest BCUT2D eigenvalue weighted by atomic mass is 16.5. The maximum Gasteiger partial charge on any atom is 0.334 e.